The Morgan fingerprint density at radius 2 is 1.88 bits per heavy atom. The number of hydrogen-bond donors (Lipinski definition) is 2. The molecule has 0 atom stereocenters. The number of rotatable bonds is 4. The van der Waals surface area contributed by atoms with Crippen LogP contribution >= 0.6 is 0 Å². The van der Waals surface area contributed by atoms with Crippen LogP contribution in [0, 0.1) is 0 Å². The van der Waals surface area contributed by atoms with Gasteiger partial charge in [-0.15, -0.1) is 0 Å². The summed E-state index contributed by atoms with van der Waals surface area (Å²) in [5.74, 6) is -0.515. The van der Waals surface area contributed by atoms with Crippen molar-refractivity contribution in [2.45, 2.75) is 4.90 Å². The van der Waals surface area contributed by atoms with Gasteiger partial charge < -0.3 is 24.1 Å². The Morgan fingerprint density at radius 3 is 2.69 bits per heavy atom. The predicted molar refractivity (Wildman–Crippen MR) is 114 cm³/mol. The molecule has 1 fully saturated rings. The first kappa shape index (κ1) is 20.3. The van der Waals surface area contributed by atoms with Crippen LogP contribution in [0.15, 0.2) is 51.8 Å². The summed E-state index contributed by atoms with van der Waals surface area (Å²) in [6.07, 6.45) is 0. The zero-order valence-electron chi connectivity index (χ0n) is 16.8. The summed E-state index contributed by atoms with van der Waals surface area (Å²) < 4.78 is 45.3. The van der Waals surface area contributed by atoms with E-state index in [2.05, 4.69) is 10.0 Å². The highest BCUT2D eigenvalue weighted by molar-refractivity contribution is 7.92. The van der Waals surface area contributed by atoms with Gasteiger partial charge in [-0.2, -0.15) is 0 Å². The number of nitrogens with one attached hydrogen (secondary N) is 2. The first-order valence-corrected chi connectivity index (χ1v) is 11.4. The molecule has 0 radical (unpaired) electrons. The standard InChI is InChI=1S/C21H19N3O7S/c25-18-12-30-17-6-5-13(11-15(17)22-18)32(27,28)23-19-14-3-1-2-4-16(14)31-20(19)21(26)24-7-9-29-10-8-24/h1-6,11,23H,7-10,12H2,(H,22,25). The quantitative estimate of drug-likeness (QED) is 0.614. The summed E-state index contributed by atoms with van der Waals surface area (Å²) in [4.78, 5) is 26.2. The number of ether oxygens (including phenoxy) is 2. The zero-order chi connectivity index (χ0) is 22.3. The van der Waals surface area contributed by atoms with Crippen molar-refractivity contribution in [1.82, 2.24) is 4.90 Å². The molecule has 1 saturated heterocycles. The molecule has 0 spiro atoms. The lowest BCUT2D eigenvalue weighted by molar-refractivity contribution is -0.118. The predicted octanol–water partition coefficient (Wildman–Crippen LogP) is 2.04. The highest BCUT2D eigenvalue weighted by Crippen LogP contribution is 2.35. The van der Waals surface area contributed by atoms with Crippen LogP contribution in [0.25, 0.3) is 11.0 Å². The van der Waals surface area contributed by atoms with E-state index in [9.17, 15) is 18.0 Å². The van der Waals surface area contributed by atoms with Crippen LogP contribution in [0.4, 0.5) is 11.4 Å². The summed E-state index contributed by atoms with van der Waals surface area (Å²) in [6.45, 7) is 1.43. The number of sulfonamides is 1. The van der Waals surface area contributed by atoms with Crippen LogP contribution in [-0.2, 0) is 19.6 Å². The van der Waals surface area contributed by atoms with Crippen LogP contribution in [0.3, 0.4) is 0 Å². The van der Waals surface area contributed by atoms with E-state index in [1.165, 1.54) is 18.2 Å². The van der Waals surface area contributed by atoms with Crippen molar-refractivity contribution in [1.29, 1.82) is 0 Å². The fourth-order valence-corrected chi connectivity index (χ4v) is 4.74. The van der Waals surface area contributed by atoms with Gasteiger partial charge in [0.05, 0.1) is 23.8 Å². The third-order valence-electron chi connectivity index (χ3n) is 5.22. The van der Waals surface area contributed by atoms with E-state index in [0.29, 0.717) is 43.0 Å². The summed E-state index contributed by atoms with van der Waals surface area (Å²) >= 11 is 0. The molecule has 166 valence electrons. The lowest BCUT2D eigenvalue weighted by Crippen LogP contribution is -2.40. The number of morpholine rings is 1. The van der Waals surface area contributed by atoms with E-state index in [1.54, 1.807) is 29.2 Å². The molecular weight excluding hydrogens is 438 g/mol. The molecule has 2 N–H and O–H groups in total. The fraction of sp³-hybridized carbons (Fsp3) is 0.238. The van der Waals surface area contributed by atoms with Crippen molar-refractivity contribution in [3.8, 4) is 5.75 Å². The molecule has 1 aromatic heterocycles. The van der Waals surface area contributed by atoms with Gasteiger partial charge in [0.1, 0.15) is 17.0 Å². The summed E-state index contributed by atoms with van der Waals surface area (Å²) in [7, 11) is -4.12. The van der Waals surface area contributed by atoms with Gasteiger partial charge in [-0.3, -0.25) is 14.3 Å². The lowest BCUT2D eigenvalue weighted by atomic mass is 10.2. The van der Waals surface area contributed by atoms with Gasteiger partial charge in [0.25, 0.3) is 21.8 Å². The minimum absolute atomic E-state index is 0.0649. The van der Waals surface area contributed by atoms with Crippen molar-refractivity contribution in [2.75, 3.05) is 42.9 Å². The van der Waals surface area contributed by atoms with Crippen LogP contribution in [-0.4, -0.2) is 58.0 Å². The molecule has 32 heavy (non-hydrogen) atoms. The van der Waals surface area contributed by atoms with Crippen molar-refractivity contribution < 1.29 is 31.9 Å². The van der Waals surface area contributed by atoms with E-state index in [1.807, 2.05) is 0 Å². The number of anilines is 2. The number of hydrogen-bond acceptors (Lipinski definition) is 7. The molecule has 0 bridgehead atoms. The van der Waals surface area contributed by atoms with E-state index in [0.717, 1.165) is 0 Å². The zero-order valence-corrected chi connectivity index (χ0v) is 17.6. The summed E-state index contributed by atoms with van der Waals surface area (Å²) in [5.41, 5.74) is 0.703. The van der Waals surface area contributed by atoms with E-state index < -0.39 is 15.9 Å². The number of nitrogens with zero attached hydrogens (tertiary/aromatic N) is 1. The number of amides is 2. The summed E-state index contributed by atoms with van der Waals surface area (Å²) in [5, 5.41) is 3.05. The van der Waals surface area contributed by atoms with Gasteiger partial charge in [0, 0.05) is 18.5 Å². The lowest BCUT2D eigenvalue weighted by Gasteiger charge is -2.26. The molecule has 0 saturated carbocycles. The van der Waals surface area contributed by atoms with Gasteiger partial charge in [-0.05, 0) is 30.3 Å². The Bertz CT molecular complexity index is 1330. The number of carbonyl (C=O) groups is 2. The number of para-hydroxylation sites is 1. The monoisotopic (exact) mass is 457 g/mol. The molecule has 2 aliphatic rings. The Kier molecular flexibility index (Phi) is 4.98. The van der Waals surface area contributed by atoms with Crippen molar-refractivity contribution >= 4 is 44.2 Å². The Morgan fingerprint density at radius 1 is 1.09 bits per heavy atom. The first-order valence-electron chi connectivity index (χ1n) is 9.90. The molecule has 2 amide bonds. The molecule has 11 heteroatoms. The molecule has 2 aliphatic heterocycles. The van der Waals surface area contributed by atoms with Gasteiger partial charge in [-0.1, -0.05) is 12.1 Å². The minimum atomic E-state index is -4.12. The van der Waals surface area contributed by atoms with Crippen LogP contribution in [0.2, 0.25) is 0 Å². The third kappa shape index (κ3) is 3.65. The van der Waals surface area contributed by atoms with Gasteiger partial charge in [0.15, 0.2) is 6.61 Å². The number of furan rings is 1. The molecule has 3 aromatic rings. The molecule has 5 rings (SSSR count). The number of carbonyl (C=O) groups excluding carboxylic acids is 2. The normalized spacial score (nSPS) is 16.2. The highest BCUT2D eigenvalue weighted by atomic mass is 32.2. The van der Waals surface area contributed by atoms with Crippen molar-refractivity contribution in [2.24, 2.45) is 0 Å². The smallest absolute Gasteiger partial charge is 0.291 e. The SMILES string of the molecule is O=C1COc2ccc(S(=O)(=O)Nc3c(C(=O)N4CCOCC4)oc4ccccc34)cc2N1. The summed E-state index contributed by atoms with van der Waals surface area (Å²) in [6, 6.07) is 10.9. The number of benzene rings is 2. The molecule has 2 aromatic carbocycles. The molecule has 3 heterocycles. The molecular formula is C21H19N3O7S. The Labute approximate surface area is 183 Å². The second kappa shape index (κ2) is 7.84. The highest BCUT2D eigenvalue weighted by Gasteiger charge is 2.30. The maximum atomic E-state index is 13.2. The minimum Gasteiger partial charge on any atom is -0.482 e. The van der Waals surface area contributed by atoms with Gasteiger partial charge >= 0.3 is 0 Å². The fourth-order valence-electron chi connectivity index (χ4n) is 3.63. The van der Waals surface area contributed by atoms with Crippen molar-refractivity contribution in [3.05, 3.63) is 48.2 Å². The Hall–Kier alpha value is -3.57. The molecule has 0 unspecified atom stereocenters. The van der Waals surface area contributed by atoms with Crippen LogP contribution in [0.5, 0.6) is 5.75 Å². The van der Waals surface area contributed by atoms with E-state index in [-0.39, 0.29) is 34.5 Å². The molecule has 10 nitrogen and oxygen atoms in total. The van der Waals surface area contributed by atoms with Crippen LogP contribution < -0.4 is 14.8 Å². The maximum absolute atomic E-state index is 13.2. The second-order valence-corrected chi connectivity index (χ2v) is 8.99. The average Bonchev–Trinajstić information content (AvgIpc) is 3.16. The first-order chi connectivity index (χ1) is 15.4. The largest absolute Gasteiger partial charge is 0.482 e. The van der Waals surface area contributed by atoms with Gasteiger partial charge in [0.2, 0.25) is 5.76 Å². The second-order valence-electron chi connectivity index (χ2n) is 7.31. The van der Waals surface area contributed by atoms with Crippen LogP contribution in [0.1, 0.15) is 10.6 Å². The average molecular weight is 457 g/mol. The maximum Gasteiger partial charge on any atom is 0.291 e. The topological polar surface area (TPSA) is 127 Å². The van der Waals surface area contributed by atoms with E-state index in [4.69, 9.17) is 13.9 Å². The Balaban J connectivity index is 1.54. The van der Waals surface area contributed by atoms with Gasteiger partial charge in [-0.25, -0.2) is 8.42 Å². The van der Waals surface area contributed by atoms with E-state index >= 15 is 0 Å². The third-order valence-corrected chi connectivity index (χ3v) is 6.57. The van der Waals surface area contributed by atoms with Crippen molar-refractivity contribution in [3.63, 3.8) is 0 Å². The number of fused-ring (bicyclic) bond motifs is 2. The molecule has 0 aliphatic carbocycles.